The molecule has 0 aliphatic heterocycles. The van der Waals surface area contributed by atoms with E-state index in [0.717, 1.165) is 10.0 Å². The van der Waals surface area contributed by atoms with Gasteiger partial charge in [0.15, 0.2) is 0 Å². The van der Waals surface area contributed by atoms with Crippen LogP contribution >= 0.6 is 15.9 Å². The molecule has 0 saturated heterocycles. The van der Waals surface area contributed by atoms with Crippen molar-refractivity contribution in [3.8, 4) is 28.5 Å². The van der Waals surface area contributed by atoms with E-state index in [0.29, 0.717) is 22.4 Å². The van der Waals surface area contributed by atoms with Crippen LogP contribution in [-0.4, -0.2) is 9.91 Å². The SMILES string of the molecule is Cc1c(-c2ccc(Br)cc2)nc(N)c(C#N)c1-c1ccccc1[N+](=O)[O-]. The van der Waals surface area contributed by atoms with Gasteiger partial charge in [-0.25, -0.2) is 4.98 Å². The fourth-order valence-corrected chi connectivity index (χ4v) is 3.14. The minimum atomic E-state index is -0.466. The van der Waals surface area contributed by atoms with E-state index >= 15 is 0 Å². The van der Waals surface area contributed by atoms with Crippen LogP contribution in [0, 0.1) is 28.4 Å². The number of nitro benzene ring substituents is 1. The van der Waals surface area contributed by atoms with Gasteiger partial charge in [-0.3, -0.25) is 10.1 Å². The number of nitriles is 1. The number of nitrogens with zero attached hydrogens (tertiary/aromatic N) is 3. The maximum Gasteiger partial charge on any atom is 0.277 e. The summed E-state index contributed by atoms with van der Waals surface area (Å²) < 4.78 is 0.916. The first-order valence-electron chi connectivity index (χ1n) is 7.64. The molecule has 0 aliphatic carbocycles. The Labute approximate surface area is 158 Å². The molecule has 7 heteroatoms. The second kappa shape index (κ2) is 6.94. The molecule has 0 amide bonds. The molecular formula is C19H13BrN4O2. The van der Waals surface area contributed by atoms with Crippen LogP contribution in [0.4, 0.5) is 11.5 Å². The highest BCUT2D eigenvalue weighted by Crippen LogP contribution is 2.39. The quantitative estimate of drug-likeness (QED) is 0.492. The maximum atomic E-state index is 11.5. The van der Waals surface area contributed by atoms with E-state index in [9.17, 15) is 15.4 Å². The Balaban J connectivity index is 2.37. The number of aromatic nitrogens is 1. The summed E-state index contributed by atoms with van der Waals surface area (Å²) in [5, 5.41) is 21.0. The summed E-state index contributed by atoms with van der Waals surface area (Å²) in [6.07, 6.45) is 0. The Kier molecular flexibility index (Phi) is 4.69. The van der Waals surface area contributed by atoms with E-state index in [1.807, 2.05) is 30.3 Å². The van der Waals surface area contributed by atoms with E-state index in [2.05, 4.69) is 20.9 Å². The van der Waals surface area contributed by atoms with Crippen molar-refractivity contribution in [1.82, 2.24) is 4.98 Å². The topological polar surface area (TPSA) is 106 Å². The Hall–Kier alpha value is -3.24. The number of nitrogen functional groups attached to an aromatic ring is 1. The van der Waals surface area contributed by atoms with Gasteiger partial charge in [-0.05, 0) is 30.7 Å². The first-order valence-corrected chi connectivity index (χ1v) is 8.43. The van der Waals surface area contributed by atoms with E-state index in [-0.39, 0.29) is 17.1 Å². The zero-order chi connectivity index (χ0) is 18.8. The fraction of sp³-hybridized carbons (Fsp3) is 0.0526. The van der Waals surface area contributed by atoms with Gasteiger partial charge in [0.2, 0.25) is 0 Å². The summed E-state index contributed by atoms with van der Waals surface area (Å²) in [7, 11) is 0. The van der Waals surface area contributed by atoms with Crippen LogP contribution in [0.5, 0.6) is 0 Å². The van der Waals surface area contributed by atoms with Crippen molar-refractivity contribution in [2.75, 3.05) is 5.73 Å². The number of nitrogens with two attached hydrogens (primary N) is 1. The minimum Gasteiger partial charge on any atom is -0.383 e. The van der Waals surface area contributed by atoms with Crippen LogP contribution in [0.3, 0.4) is 0 Å². The van der Waals surface area contributed by atoms with Crippen molar-refractivity contribution in [1.29, 1.82) is 5.26 Å². The third kappa shape index (κ3) is 3.03. The second-order valence-corrected chi connectivity index (χ2v) is 6.53. The molecule has 2 aromatic carbocycles. The van der Waals surface area contributed by atoms with Crippen molar-refractivity contribution in [2.24, 2.45) is 0 Å². The predicted octanol–water partition coefficient (Wildman–Crippen LogP) is 4.85. The number of halogens is 1. The summed E-state index contributed by atoms with van der Waals surface area (Å²) in [6.45, 7) is 1.79. The third-order valence-electron chi connectivity index (χ3n) is 4.07. The molecule has 26 heavy (non-hydrogen) atoms. The van der Waals surface area contributed by atoms with Gasteiger partial charge in [0, 0.05) is 21.7 Å². The molecule has 128 valence electrons. The van der Waals surface area contributed by atoms with Gasteiger partial charge in [-0.1, -0.05) is 40.2 Å². The standard InChI is InChI=1S/C19H13BrN4O2/c1-11-17(14-4-2-3-5-16(14)24(25)26)15(10-21)19(22)23-18(11)12-6-8-13(20)9-7-12/h2-9H,1H3,(H2,22,23). The predicted molar refractivity (Wildman–Crippen MR) is 103 cm³/mol. The Morgan fingerprint density at radius 1 is 1.19 bits per heavy atom. The van der Waals surface area contributed by atoms with Gasteiger partial charge in [-0.2, -0.15) is 5.26 Å². The van der Waals surface area contributed by atoms with Crippen molar-refractivity contribution >= 4 is 27.4 Å². The maximum absolute atomic E-state index is 11.5. The Morgan fingerprint density at radius 3 is 2.46 bits per heavy atom. The normalized spacial score (nSPS) is 10.3. The van der Waals surface area contributed by atoms with E-state index < -0.39 is 4.92 Å². The van der Waals surface area contributed by atoms with Gasteiger partial charge in [0.05, 0.1) is 16.2 Å². The Morgan fingerprint density at radius 2 is 1.85 bits per heavy atom. The van der Waals surface area contributed by atoms with Crippen LogP contribution in [-0.2, 0) is 0 Å². The molecule has 0 radical (unpaired) electrons. The zero-order valence-electron chi connectivity index (χ0n) is 13.7. The molecule has 0 spiro atoms. The lowest BCUT2D eigenvalue weighted by atomic mass is 9.92. The molecule has 0 bridgehead atoms. The largest absolute Gasteiger partial charge is 0.383 e. The van der Waals surface area contributed by atoms with Crippen LogP contribution < -0.4 is 5.73 Å². The zero-order valence-corrected chi connectivity index (χ0v) is 15.3. The molecule has 3 rings (SSSR count). The number of anilines is 1. The number of hydrogen-bond acceptors (Lipinski definition) is 5. The van der Waals surface area contributed by atoms with Crippen LogP contribution in [0.25, 0.3) is 22.4 Å². The highest BCUT2D eigenvalue weighted by molar-refractivity contribution is 9.10. The number of nitro groups is 1. The van der Waals surface area contributed by atoms with Gasteiger partial charge >= 0.3 is 0 Å². The van der Waals surface area contributed by atoms with Gasteiger partial charge in [0.1, 0.15) is 17.5 Å². The lowest BCUT2D eigenvalue weighted by molar-refractivity contribution is -0.384. The molecule has 0 fully saturated rings. The third-order valence-corrected chi connectivity index (χ3v) is 4.60. The molecule has 6 nitrogen and oxygen atoms in total. The average molecular weight is 409 g/mol. The summed E-state index contributed by atoms with van der Waals surface area (Å²) >= 11 is 3.39. The van der Waals surface area contributed by atoms with Gasteiger partial charge < -0.3 is 5.73 Å². The summed E-state index contributed by atoms with van der Waals surface area (Å²) in [4.78, 5) is 15.4. The molecule has 0 atom stereocenters. The molecule has 3 aromatic rings. The first kappa shape index (κ1) is 17.6. The van der Waals surface area contributed by atoms with Crippen molar-refractivity contribution in [2.45, 2.75) is 6.92 Å². The highest BCUT2D eigenvalue weighted by Gasteiger charge is 2.23. The van der Waals surface area contributed by atoms with Crippen LogP contribution in [0.2, 0.25) is 0 Å². The van der Waals surface area contributed by atoms with Gasteiger partial charge in [-0.15, -0.1) is 0 Å². The molecule has 0 saturated carbocycles. The van der Waals surface area contributed by atoms with E-state index in [1.165, 1.54) is 6.07 Å². The highest BCUT2D eigenvalue weighted by atomic mass is 79.9. The number of pyridine rings is 1. The lowest BCUT2D eigenvalue weighted by Gasteiger charge is -2.15. The van der Waals surface area contributed by atoms with E-state index in [4.69, 9.17) is 5.73 Å². The summed E-state index contributed by atoms with van der Waals surface area (Å²) in [5.74, 6) is 0.0455. The van der Waals surface area contributed by atoms with E-state index in [1.54, 1.807) is 25.1 Å². The monoisotopic (exact) mass is 408 g/mol. The second-order valence-electron chi connectivity index (χ2n) is 5.61. The first-order chi connectivity index (χ1) is 12.4. The number of para-hydroxylation sites is 1. The average Bonchev–Trinajstić information content (AvgIpc) is 2.63. The molecule has 1 aromatic heterocycles. The van der Waals surface area contributed by atoms with Crippen LogP contribution in [0.1, 0.15) is 11.1 Å². The molecule has 2 N–H and O–H groups in total. The lowest BCUT2D eigenvalue weighted by Crippen LogP contribution is -2.04. The number of hydrogen-bond donors (Lipinski definition) is 1. The van der Waals surface area contributed by atoms with Crippen molar-refractivity contribution in [3.63, 3.8) is 0 Å². The Bertz CT molecular complexity index is 1060. The summed E-state index contributed by atoms with van der Waals surface area (Å²) in [6, 6.07) is 15.8. The minimum absolute atomic E-state index is 0.0455. The van der Waals surface area contributed by atoms with Crippen molar-refractivity contribution in [3.05, 3.63) is 74.2 Å². The van der Waals surface area contributed by atoms with Crippen molar-refractivity contribution < 1.29 is 4.92 Å². The number of benzene rings is 2. The smallest absolute Gasteiger partial charge is 0.277 e. The molecule has 0 aliphatic rings. The molecule has 1 heterocycles. The molecular weight excluding hydrogens is 396 g/mol. The summed E-state index contributed by atoms with van der Waals surface area (Å²) in [5.41, 5.74) is 8.91. The fourth-order valence-electron chi connectivity index (χ4n) is 2.88. The number of rotatable bonds is 3. The molecule has 0 unspecified atom stereocenters. The van der Waals surface area contributed by atoms with Crippen LogP contribution in [0.15, 0.2) is 53.0 Å². The van der Waals surface area contributed by atoms with Gasteiger partial charge in [0.25, 0.3) is 5.69 Å².